The predicted molar refractivity (Wildman–Crippen MR) is 83.7 cm³/mol. The molecule has 1 saturated heterocycles. The number of aromatic nitrogens is 1. The Balaban J connectivity index is 1.90. The van der Waals surface area contributed by atoms with Crippen molar-refractivity contribution in [3.05, 3.63) is 23.4 Å². The lowest BCUT2D eigenvalue weighted by Crippen LogP contribution is -2.45. The predicted octanol–water partition coefficient (Wildman–Crippen LogP) is 2.09. The summed E-state index contributed by atoms with van der Waals surface area (Å²) in [6.07, 6.45) is 4.81. The molecule has 1 aromatic heterocycles. The van der Waals surface area contributed by atoms with Crippen LogP contribution < -0.4 is 5.32 Å². The third-order valence-electron chi connectivity index (χ3n) is 3.72. The maximum absolute atomic E-state index is 12.1. The number of hydrogen-bond acceptors (Lipinski definition) is 5. The summed E-state index contributed by atoms with van der Waals surface area (Å²) >= 11 is 5.76. The van der Waals surface area contributed by atoms with Crippen LogP contribution >= 0.6 is 11.6 Å². The van der Waals surface area contributed by atoms with Crippen molar-refractivity contribution in [3.63, 3.8) is 0 Å². The van der Waals surface area contributed by atoms with Crippen LogP contribution in [0.1, 0.15) is 25.7 Å². The zero-order valence-electron chi connectivity index (χ0n) is 12.5. The van der Waals surface area contributed by atoms with E-state index in [2.05, 4.69) is 10.3 Å². The number of pyridine rings is 1. The van der Waals surface area contributed by atoms with Crippen LogP contribution in [0.5, 0.6) is 0 Å². The van der Waals surface area contributed by atoms with Crippen molar-refractivity contribution in [2.75, 3.05) is 25.5 Å². The van der Waals surface area contributed by atoms with Crippen LogP contribution in [-0.4, -0.2) is 48.0 Å². The zero-order valence-corrected chi connectivity index (χ0v) is 13.3. The molecule has 1 aliphatic heterocycles. The molecule has 0 saturated carbocycles. The number of likely N-dealkylation sites (tertiary alicyclic amines) is 1. The van der Waals surface area contributed by atoms with Gasteiger partial charge in [-0.3, -0.25) is 14.5 Å². The van der Waals surface area contributed by atoms with Crippen molar-refractivity contribution < 1.29 is 14.3 Å². The summed E-state index contributed by atoms with van der Waals surface area (Å²) in [7, 11) is 1.38. The van der Waals surface area contributed by atoms with Gasteiger partial charge >= 0.3 is 5.97 Å². The summed E-state index contributed by atoms with van der Waals surface area (Å²) in [6, 6.07) is 3.39. The van der Waals surface area contributed by atoms with Crippen molar-refractivity contribution >= 4 is 29.3 Å². The number of halogens is 1. The molecule has 6 nitrogen and oxygen atoms in total. The fraction of sp³-hybridized carbons (Fsp3) is 0.533. The highest BCUT2D eigenvalue weighted by Crippen LogP contribution is 2.20. The van der Waals surface area contributed by atoms with Gasteiger partial charge in [0, 0.05) is 12.2 Å². The Morgan fingerprint density at radius 3 is 2.95 bits per heavy atom. The number of ether oxygens (including phenoxy) is 1. The van der Waals surface area contributed by atoms with Crippen molar-refractivity contribution in [1.82, 2.24) is 9.88 Å². The Hall–Kier alpha value is -1.66. The Bertz CT molecular complexity index is 521. The molecule has 1 unspecified atom stereocenters. The van der Waals surface area contributed by atoms with Gasteiger partial charge in [0.1, 0.15) is 5.82 Å². The van der Waals surface area contributed by atoms with Gasteiger partial charge in [0.15, 0.2) is 0 Å². The fourth-order valence-corrected chi connectivity index (χ4v) is 2.70. The number of rotatable bonds is 5. The molecule has 0 bridgehead atoms. The topological polar surface area (TPSA) is 71.5 Å². The van der Waals surface area contributed by atoms with Gasteiger partial charge in [0.25, 0.3) is 0 Å². The number of piperidine rings is 1. The first kappa shape index (κ1) is 16.7. The second kappa shape index (κ2) is 8.10. The van der Waals surface area contributed by atoms with Crippen LogP contribution in [0.3, 0.4) is 0 Å². The molecule has 22 heavy (non-hydrogen) atoms. The standard InChI is InChI=1S/C15H20ClN3O3/c1-22-15(21)8-12-4-2-3-7-19(12)10-14(20)18-13-6-5-11(16)9-17-13/h5-6,9,12H,2-4,7-8,10H2,1H3,(H,17,18,20). The maximum Gasteiger partial charge on any atom is 0.307 e. The minimum atomic E-state index is -0.239. The SMILES string of the molecule is COC(=O)CC1CCCCN1CC(=O)Nc1ccc(Cl)cn1. The molecule has 2 heterocycles. The van der Waals surface area contributed by atoms with Gasteiger partial charge in [-0.25, -0.2) is 4.98 Å². The van der Waals surface area contributed by atoms with Crippen molar-refractivity contribution in [3.8, 4) is 0 Å². The molecule has 1 aliphatic rings. The fourth-order valence-electron chi connectivity index (χ4n) is 2.59. The third-order valence-corrected chi connectivity index (χ3v) is 3.94. The highest BCUT2D eigenvalue weighted by atomic mass is 35.5. The van der Waals surface area contributed by atoms with Gasteiger partial charge in [-0.05, 0) is 31.5 Å². The first-order chi connectivity index (χ1) is 10.6. The van der Waals surface area contributed by atoms with E-state index in [1.807, 2.05) is 4.90 Å². The van der Waals surface area contributed by atoms with Crippen molar-refractivity contribution in [2.45, 2.75) is 31.7 Å². The van der Waals surface area contributed by atoms with Gasteiger partial charge in [0.05, 0.1) is 25.1 Å². The van der Waals surface area contributed by atoms with Crippen molar-refractivity contribution in [2.24, 2.45) is 0 Å². The molecule has 1 amide bonds. The number of nitrogens with zero attached hydrogens (tertiary/aromatic N) is 2. The Kier molecular flexibility index (Phi) is 6.15. The molecule has 7 heteroatoms. The first-order valence-electron chi connectivity index (χ1n) is 7.31. The van der Waals surface area contributed by atoms with E-state index < -0.39 is 0 Å². The van der Waals surface area contributed by atoms with Gasteiger partial charge in [-0.1, -0.05) is 18.0 Å². The number of carbonyl (C=O) groups excluding carboxylic acids is 2. The molecule has 1 atom stereocenters. The number of esters is 1. The van der Waals surface area contributed by atoms with Gasteiger partial charge < -0.3 is 10.1 Å². The Labute approximate surface area is 134 Å². The van der Waals surface area contributed by atoms with Crippen LogP contribution in [0, 0.1) is 0 Å². The summed E-state index contributed by atoms with van der Waals surface area (Å²) in [5.74, 6) is 0.0826. The molecule has 120 valence electrons. The summed E-state index contributed by atoms with van der Waals surface area (Å²) in [6.45, 7) is 1.05. The molecule has 0 spiro atoms. The number of methoxy groups -OCH3 is 1. The summed E-state index contributed by atoms with van der Waals surface area (Å²) < 4.78 is 4.72. The highest BCUT2D eigenvalue weighted by Gasteiger charge is 2.26. The average molecular weight is 326 g/mol. The minimum absolute atomic E-state index is 0.0603. The number of anilines is 1. The molecule has 0 radical (unpaired) electrons. The van der Waals surface area contributed by atoms with Crippen LogP contribution in [0.15, 0.2) is 18.3 Å². The molecular formula is C15H20ClN3O3. The first-order valence-corrected chi connectivity index (χ1v) is 7.68. The van der Waals surface area contributed by atoms with E-state index in [0.717, 1.165) is 25.8 Å². The van der Waals surface area contributed by atoms with Gasteiger partial charge in [0.2, 0.25) is 5.91 Å². The van der Waals surface area contributed by atoms with E-state index in [1.54, 1.807) is 12.1 Å². The van der Waals surface area contributed by atoms with Crippen LogP contribution in [0.2, 0.25) is 5.02 Å². The van der Waals surface area contributed by atoms with E-state index in [0.29, 0.717) is 17.3 Å². The molecule has 2 rings (SSSR count). The van der Waals surface area contributed by atoms with Crippen molar-refractivity contribution in [1.29, 1.82) is 0 Å². The number of hydrogen-bond donors (Lipinski definition) is 1. The summed E-state index contributed by atoms with van der Waals surface area (Å²) in [4.78, 5) is 29.7. The van der Waals surface area contributed by atoms with E-state index in [1.165, 1.54) is 13.3 Å². The monoisotopic (exact) mass is 325 g/mol. The molecule has 0 aliphatic carbocycles. The third kappa shape index (κ3) is 4.96. The lowest BCUT2D eigenvalue weighted by atomic mass is 9.99. The Morgan fingerprint density at radius 2 is 2.27 bits per heavy atom. The lowest BCUT2D eigenvalue weighted by Gasteiger charge is -2.34. The van der Waals surface area contributed by atoms with Crippen LogP contribution in [-0.2, 0) is 14.3 Å². The lowest BCUT2D eigenvalue weighted by molar-refractivity contribution is -0.142. The van der Waals surface area contributed by atoms with Crippen LogP contribution in [0.25, 0.3) is 0 Å². The molecule has 1 N–H and O–H groups in total. The molecular weight excluding hydrogens is 306 g/mol. The van der Waals surface area contributed by atoms with Crippen LogP contribution in [0.4, 0.5) is 5.82 Å². The van der Waals surface area contributed by atoms with E-state index in [9.17, 15) is 9.59 Å². The Morgan fingerprint density at radius 1 is 1.45 bits per heavy atom. The average Bonchev–Trinajstić information content (AvgIpc) is 2.51. The zero-order chi connectivity index (χ0) is 15.9. The van der Waals surface area contributed by atoms with Gasteiger partial charge in [-0.15, -0.1) is 0 Å². The molecule has 0 aromatic carbocycles. The van der Waals surface area contributed by atoms with E-state index in [-0.39, 0.29) is 24.5 Å². The van der Waals surface area contributed by atoms with Gasteiger partial charge in [-0.2, -0.15) is 0 Å². The highest BCUT2D eigenvalue weighted by molar-refractivity contribution is 6.30. The molecule has 1 aromatic rings. The smallest absolute Gasteiger partial charge is 0.307 e. The number of amides is 1. The summed E-state index contributed by atoms with van der Waals surface area (Å²) in [5, 5.41) is 3.26. The number of carbonyl (C=O) groups is 2. The van der Waals surface area contributed by atoms with E-state index in [4.69, 9.17) is 16.3 Å². The minimum Gasteiger partial charge on any atom is -0.469 e. The molecule has 1 fully saturated rings. The number of nitrogens with one attached hydrogen (secondary N) is 1. The normalized spacial score (nSPS) is 18.7. The maximum atomic E-state index is 12.1. The second-order valence-corrected chi connectivity index (χ2v) is 5.75. The summed E-state index contributed by atoms with van der Waals surface area (Å²) in [5.41, 5.74) is 0. The van der Waals surface area contributed by atoms with E-state index >= 15 is 0 Å². The largest absolute Gasteiger partial charge is 0.469 e. The quantitative estimate of drug-likeness (QED) is 0.839. The second-order valence-electron chi connectivity index (χ2n) is 5.31.